The van der Waals surface area contributed by atoms with Crippen LogP contribution in [0.2, 0.25) is 1.41 Å². The lowest BCUT2D eigenvalue weighted by Crippen LogP contribution is -2.19. The normalized spacial score (nSPS) is 16.6. The van der Waals surface area contributed by atoms with E-state index in [0.29, 0.717) is 5.56 Å². The Morgan fingerprint density at radius 3 is 3.00 bits per heavy atom. The molecule has 2 N–H and O–H groups in total. The van der Waals surface area contributed by atoms with Gasteiger partial charge in [-0.2, -0.15) is 0 Å². The zero-order chi connectivity index (χ0) is 10.7. The van der Waals surface area contributed by atoms with Gasteiger partial charge in [0.05, 0.1) is 17.4 Å². The quantitative estimate of drug-likeness (QED) is 0.753. The third-order valence-electron chi connectivity index (χ3n) is 2.46. The third kappa shape index (κ3) is 1.69. The molecule has 0 radical (unpaired) electrons. The Balaban J connectivity index is 2.21. The Morgan fingerprint density at radius 1 is 1.50 bits per heavy atom. The molecule has 1 aliphatic heterocycles. The molecule has 0 atom stereocenters. The van der Waals surface area contributed by atoms with E-state index in [0.717, 1.165) is 18.8 Å². The molecule has 1 amide bonds. The van der Waals surface area contributed by atoms with Crippen molar-refractivity contribution in [2.24, 2.45) is 5.73 Å². The van der Waals surface area contributed by atoms with Crippen LogP contribution >= 0.6 is 0 Å². The van der Waals surface area contributed by atoms with Crippen LogP contribution in [0.1, 0.15) is 23.2 Å². The number of primary amides is 1. The molecule has 4 heteroatoms. The lowest BCUT2D eigenvalue weighted by molar-refractivity contribution is 0.1000. The molecule has 0 bridgehead atoms. The maximum Gasteiger partial charge on any atom is 0.250 e. The van der Waals surface area contributed by atoms with E-state index >= 15 is 0 Å². The number of nitrogens with two attached hydrogens (primary N) is 1. The summed E-state index contributed by atoms with van der Waals surface area (Å²) in [4.78, 5) is 17.4. The molecule has 0 spiro atoms. The molecule has 1 aromatic rings. The van der Waals surface area contributed by atoms with Crippen molar-refractivity contribution >= 4 is 11.6 Å². The van der Waals surface area contributed by atoms with Crippen LogP contribution in [0.4, 0.5) is 5.69 Å². The maximum atomic E-state index is 11.2. The number of nitrogens with zero attached hydrogens (tertiary/aromatic N) is 2. The van der Waals surface area contributed by atoms with Crippen molar-refractivity contribution in [2.45, 2.75) is 12.8 Å². The van der Waals surface area contributed by atoms with Crippen LogP contribution in [-0.2, 0) is 0 Å². The number of rotatable bonds is 2. The summed E-state index contributed by atoms with van der Waals surface area (Å²) in [6, 6.07) is 1.78. The third-order valence-corrected chi connectivity index (χ3v) is 2.46. The van der Waals surface area contributed by atoms with Crippen LogP contribution in [-0.4, -0.2) is 24.0 Å². The van der Waals surface area contributed by atoms with Crippen molar-refractivity contribution in [3.63, 3.8) is 0 Å². The van der Waals surface area contributed by atoms with Crippen LogP contribution in [0.15, 0.2) is 18.5 Å². The molecule has 1 aromatic heterocycles. The maximum absolute atomic E-state index is 11.2. The van der Waals surface area contributed by atoms with Gasteiger partial charge in [-0.05, 0) is 18.9 Å². The molecule has 0 aliphatic carbocycles. The summed E-state index contributed by atoms with van der Waals surface area (Å²) in [5, 5.41) is 0. The van der Waals surface area contributed by atoms with Gasteiger partial charge in [-0.15, -0.1) is 0 Å². The second-order valence-corrected chi connectivity index (χ2v) is 3.46. The van der Waals surface area contributed by atoms with Crippen molar-refractivity contribution in [1.29, 1.82) is 0 Å². The minimum Gasteiger partial charge on any atom is -0.370 e. The standard InChI is InChI=1S/C10H13N3O/c11-10(14)8-5-9(7-12-6-8)13-3-1-2-4-13/h5-7H,1-4H2,(H2,11,14)/i/hD. The SMILES string of the molecule is [2H]NC(=O)c1cncc(N2CCCC2)c1. The molecule has 4 nitrogen and oxygen atoms in total. The minimum atomic E-state index is -0.413. The lowest BCUT2D eigenvalue weighted by atomic mass is 10.2. The van der Waals surface area contributed by atoms with Gasteiger partial charge in [0.1, 0.15) is 0 Å². The molecule has 0 unspecified atom stereocenters. The number of carbonyl (C=O) groups is 1. The van der Waals surface area contributed by atoms with Gasteiger partial charge in [-0.1, -0.05) is 0 Å². The number of hydrogen-bond acceptors (Lipinski definition) is 3. The second-order valence-electron chi connectivity index (χ2n) is 3.46. The lowest BCUT2D eigenvalue weighted by Gasteiger charge is -2.16. The summed E-state index contributed by atoms with van der Waals surface area (Å²) >= 11 is 0. The van der Waals surface area contributed by atoms with Gasteiger partial charge in [0.2, 0.25) is 5.91 Å². The number of aromatic nitrogens is 1. The molecule has 0 aromatic carbocycles. The van der Waals surface area contributed by atoms with E-state index in [1.165, 1.54) is 19.0 Å². The molecule has 2 rings (SSSR count). The van der Waals surface area contributed by atoms with Crippen molar-refractivity contribution in [1.82, 2.24) is 4.98 Å². The fourth-order valence-corrected chi connectivity index (χ4v) is 1.70. The fraction of sp³-hybridized carbons (Fsp3) is 0.400. The Bertz CT molecular complexity index is 363. The van der Waals surface area contributed by atoms with Gasteiger partial charge >= 0.3 is 0 Å². The molecule has 1 aliphatic rings. The summed E-state index contributed by atoms with van der Waals surface area (Å²) in [6.07, 6.45) is 5.61. The van der Waals surface area contributed by atoms with Gasteiger partial charge < -0.3 is 10.6 Å². The highest BCUT2D eigenvalue weighted by Gasteiger charge is 2.13. The Hall–Kier alpha value is -1.58. The number of anilines is 1. The van der Waals surface area contributed by atoms with Gasteiger partial charge in [0.25, 0.3) is 0 Å². The van der Waals surface area contributed by atoms with E-state index < -0.39 is 5.91 Å². The van der Waals surface area contributed by atoms with Gasteiger partial charge in [-0.25, -0.2) is 0 Å². The largest absolute Gasteiger partial charge is 0.370 e. The topological polar surface area (TPSA) is 59.2 Å². The van der Waals surface area contributed by atoms with E-state index in [9.17, 15) is 4.79 Å². The highest BCUT2D eigenvalue weighted by Crippen LogP contribution is 2.19. The monoisotopic (exact) mass is 192 g/mol. The average molecular weight is 192 g/mol. The minimum absolute atomic E-state index is 0.413. The first-order chi connectivity index (χ1) is 7.31. The molecule has 1 fully saturated rings. The number of amides is 1. The summed E-state index contributed by atoms with van der Waals surface area (Å²) in [5.41, 5.74) is 3.26. The Morgan fingerprint density at radius 2 is 2.29 bits per heavy atom. The predicted molar refractivity (Wildman–Crippen MR) is 54.2 cm³/mol. The number of hydrogen-bond donors (Lipinski definition) is 1. The van der Waals surface area contributed by atoms with Crippen LogP contribution in [0.25, 0.3) is 0 Å². The average Bonchev–Trinajstić information content (AvgIpc) is 2.82. The van der Waals surface area contributed by atoms with Crippen molar-refractivity contribution < 1.29 is 6.21 Å². The number of pyridine rings is 1. The zero-order valence-electron chi connectivity index (χ0n) is 8.86. The fourth-order valence-electron chi connectivity index (χ4n) is 1.70. The van der Waals surface area contributed by atoms with E-state index in [1.807, 2.05) is 5.73 Å². The molecular weight excluding hydrogens is 178 g/mol. The van der Waals surface area contributed by atoms with Crippen LogP contribution in [0.3, 0.4) is 0 Å². The summed E-state index contributed by atoms with van der Waals surface area (Å²) in [5.74, 6) is -0.413. The van der Waals surface area contributed by atoms with Crippen LogP contribution < -0.4 is 10.6 Å². The number of carbonyl (C=O) groups excluding carboxylic acids is 1. The van der Waals surface area contributed by atoms with E-state index in [1.54, 1.807) is 12.3 Å². The Labute approximate surface area is 84.2 Å². The van der Waals surface area contributed by atoms with E-state index in [2.05, 4.69) is 9.88 Å². The first-order valence-corrected chi connectivity index (χ1v) is 4.73. The van der Waals surface area contributed by atoms with Gasteiger partial charge in [0.15, 0.2) is 1.41 Å². The van der Waals surface area contributed by atoms with Crippen LogP contribution in [0.5, 0.6) is 0 Å². The summed E-state index contributed by atoms with van der Waals surface area (Å²) in [6.45, 7) is 2.04. The van der Waals surface area contributed by atoms with Crippen molar-refractivity contribution in [3.8, 4) is 0 Å². The van der Waals surface area contributed by atoms with E-state index in [4.69, 9.17) is 1.41 Å². The highest BCUT2D eigenvalue weighted by atomic mass is 16.1. The first kappa shape index (κ1) is 7.79. The molecule has 74 valence electrons. The molecule has 1 saturated heterocycles. The van der Waals surface area contributed by atoms with Gasteiger partial charge in [0, 0.05) is 19.3 Å². The molecule has 0 saturated carbocycles. The first-order valence-electron chi connectivity index (χ1n) is 5.23. The van der Waals surface area contributed by atoms with Crippen molar-refractivity contribution in [3.05, 3.63) is 24.0 Å². The predicted octanol–water partition coefficient (Wildman–Crippen LogP) is 0.781. The summed E-state index contributed by atoms with van der Waals surface area (Å²) in [7, 11) is 0. The highest BCUT2D eigenvalue weighted by molar-refractivity contribution is 5.93. The van der Waals surface area contributed by atoms with Crippen LogP contribution in [0, 0.1) is 0 Å². The molecule has 14 heavy (non-hydrogen) atoms. The molecule has 2 heterocycles. The Kier molecular flexibility index (Phi) is 2.03. The zero-order valence-corrected chi connectivity index (χ0v) is 7.86. The summed E-state index contributed by atoms with van der Waals surface area (Å²) < 4.78 is 6.79. The van der Waals surface area contributed by atoms with Gasteiger partial charge in [-0.3, -0.25) is 9.78 Å². The van der Waals surface area contributed by atoms with E-state index in [-0.39, 0.29) is 0 Å². The second kappa shape index (κ2) is 3.65. The van der Waals surface area contributed by atoms with Crippen molar-refractivity contribution in [2.75, 3.05) is 18.0 Å². The molecular formula is C10H13N3O. The smallest absolute Gasteiger partial charge is 0.250 e.